The minimum Gasteiger partial charge on any atom is -0.391 e. The molecule has 0 saturated heterocycles. The maximum Gasteiger partial charge on any atom is 0.369 e. The normalized spacial score (nSPS) is 11.5. The van der Waals surface area contributed by atoms with Gasteiger partial charge in [0, 0.05) is 18.4 Å². The minimum atomic E-state index is -2.29. The van der Waals surface area contributed by atoms with Crippen LogP contribution in [-0.2, 0) is 8.85 Å². The Morgan fingerprint density at radius 3 is 2.18 bits per heavy atom. The van der Waals surface area contributed by atoms with Crippen LogP contribution in [0, 0.1) is 0 Å². The van der Waals surface area contributed by atoms with Crippen LogP contribution in [0.4, 0.5) is 0 Å². The lowest BCUT2D eigenvalue weighted by Gasteiger charge is -2.28. The summed E-state index contributed by atoms with van der Waals surface area (Å²) < 4.78 is 11.8. The molecule has 0 aliphatic rings. The van der Waals surface area contributed by atoms with Crippen molar-refractivity contribution < 1.29 is 8.85 Å². The van der Waals surface area contributed by atoms with Crippen molar-refractivity contribution in [3.8, 4) is 0 Å². The maximum absolute atomic E-state index is 5.92. The first-order valence-electron chi connectivity index (χ1n) is 6.08. The van der Waals surface area contributed by atoms with E-state index >= 15 is 0 Å². The quantitative estimate of drug-likeness (QED) is 0.722. The van der Waals surface area contributed by atoms with E-state index < -0.39 is 8.56 Å². The van der Waals surface area contributed by atoms with Gasteiger partial charge in [0.2, 0.25) is 0 Å². The average Bonchev–Trinajstić information content (AvgIpc) is 2.29. The van der Waals surface area contributed by atoms with Gasteiger partial charge in [-0.3, -0.25) is 0 Å². The third-order valence-electron chi connectivity index (χ3n) is 2.72. The van der Waals surface area contributed by atoms with Gasteiger partial charge in [0.25, 0.3) is 0 Å². The summed E-state index contributed by atoms with van der Waals surface area (Å²) in [5, 5.41) is 1.18. The van der Waals surface area contributed by atoms with Crippen LogP contribution in [0.1, 0.15) is 26.3 Å². The fourth-order valence-electron chi connectivity index (χ4n) is 2.00. The molecule has 0 amide bonds. The van der Waals surface area contributed by atoms with Gasteiger partial charge < -0.3 is 8.85 Å². The highest BCUT2D eigenvalue weighted by atomic mass is 28.4. The number of benzene rings is 1. The van der Waals surface area contributed by atoms with E-state index in [1.165, 1.54) is 5.19 Å². The zero-order chi connectivity index (χ0) is 12.9. The molecule has 1 rings (SSSR count). The Bertz CT molecular complexity index is 382. The molecule has 94 valence electrons. The van der Waals surface area contributed by atoms with Crippen LogP contribution >= 0.6 is 0 Å². The van der Waals surface area contributed by atoms with E-state index in [1.807, 2.05) is 32.9 Å². The number of rotatable bonds is 6. The molecule has 2 nitrogen and oxygen atoms in total. The lowest BCUT2D eigenvalue weighted by molar-refractivity contribution is 0.202. The molecule has 1 aromatic carbocycles. The Balaban J connectivity index is 3.22. The summed E-state index contributed by atoms with van der Waals surface area (Å²) in [4.78, 5) is 0. The van der Waals surface area contributed by atoms with Gasteiger partial charge in [-0.25, -0.2) is 0 Å². The van der Waals surface area contributed by atoms with Crippen molar-refractivity contribution in [2.75, 3.05) is 13.2 Å². The molecule has 0 spiro atoms. The van der Waals surface area contributed by atoms with Crippen LogP contribution in [0.3, 0.4) is 0 Å². The van der Waals surface area contributed by atoms with Crippen LogP contribution in [0.2, 0.25) is 6.55 Å². The zero-order valence-corrected chi connectivity index (χ0v) is 12.2. The molecule has 0 aromatic heterocycles. The van der Waals surface area contributed by atoms with Gasteiger partial charge in [0.15, 0.2) is 0 Å². The predicted octanol–water partition coefficient (Wildman–Crippen LogP) is 3.07. The Morgan fingerprint density at radius 1 is 1.18 bits per heavy atom. The summed E-state index contributed by atoms with van der Waals surface area (Å²) in [5.74, 6) is 0. The highest BCUT2D eigenvalue weighted by Crippen LogP contribution is 2.16. The van der Waals surface area contributed by atoms with Crippen LogP contribution in [-0.4, -0.2) is 21.8 Å². The number of hydrogen-bond acceptors (Lipinski definition) is 2. The van der Waals surface area contributed by atoms with E-state index in [-0.39, 0.29) is 0 Å². The van der Waals surface area contributed by atoms with Crippen molar-refractivity contribution in [1.29, 1.82) is 0 Å². The Kier molecular flexibility index (Phi) is 5.12. The van der Waals surface area contributed by atoms with Gasteiger partial charge in [0.05, 0.1) is 0 Å². The van der Waals surface area contributed by atoms with Gasteiger partial charge >= 0.3 is 8.56 Å². The van der Waals surface area contributed by atoms with Crippen molar-refractivity contribution in [3.05, 3.63) is 36.4 Å². The summed E-state index contributed by atoms with van der Waals surface area (Å²) >= 11 is 0. The summed E-state index contributed by atoms with van der Waals surface area (Å²) in [6.07, 6.45) is 0. The Hall–Kier alpha value is -0.903. The summed E-state index contributed by atoms with van der Waals surface area (Å²) in [5.41, 5.74) is 2.21. The van der Waals surface area contributed by atoms with Crippen molar-refractivity contribution >= 4 is 19.3 Å². The first-order chi connectivity index (χ1) is 8.05. The van der Waals surface area contributed by atoms with Crippen LogP contribution < -0.4 is 5.19 Å². The van der Waals surface area contributed by atoms with E-state index in [0.717, 1.165) is 11.1 Å². The fraction of sp³-hybridized carbons (Fsp3) is 0.429. The van der Waals surface area contributed by atoms with Crippen LogP contribution in [0.25, 0.3) is 5.57 Å². The monoisotopic (exact) mass is 250 g/mol. The van der Waals surface area contributed by atoms with E-state index in [4.69, 9.17) is 8.85 Å². The standard InChI is InChI=1S/C14H22O2Si/c1-6-15-17(5,16-7-2)14-11-9-8-10-13(14)12(3)4/h8-11H,3,6-7H2,1-2,4-5H3. The molecule has 0 radical (unpaired) electrons. The molecule has 17 heavy (non-hydrogen) atoms. The third kappa shape index (κ3) is 3.28. The topological polar surface area (TPSA) is 18.5 Å². The zero-order valence-electron chi connectivity index (χ0n) is 11.2. The summed E-state index contributed by atoms with van der Waals surface area (Å²) in [6.45, 7) is 13.5. The molecule has 3 heteroatoms. The van der Waals surface area contributed by atoms with E-state index in [1.54, 1.807) is 0 Å². The number of hydrogen-bond donors (Lipinski definition) is 0. The molecule has 1 aromatic rings. The van der Waals surface area contributed by atoms with Crippen molar-refractivity contribution in [3.63, 3.8) is 0 Å². The van der Waals surface area contributed by atoms with Crippen LogP contribution in [0.5, 0.6) is 0 Å². The van der Waals surface area contributed by atoms with Crippen molar-refractivity contribution in [2.24, 2.45) is 0 Å². The van der Waals surface area contributed by atoms with Gasteiger partial charge in [0.1, 0.15) is 0 Å². The summed E-state index contributed by atoms with van der Waals surface area (Å²) in [7, 11) is -2.29. The van der Waals surface area contributed by atoms with Gasteiger partial charge in [-0.2, -0.15) is 0 Å². The van der Waals surface area contributed by atoms with Gasteiger partial charge in [-0.05, 0) is 32.9 Å². The average molecular weight is 250 g/mol. The number of allylic oxidation sites excluding steroid dienone is 1. The molecular weight excluding hydrogens is 228 g/mol. The van der Waals surface area contributed by atoms with E-state index in [0.29, 0.717) is 13.2 Å². The highest BCUT2D eigenvalue weighted by molar-refractivity contribution is 6.80. The Morgan fingerprint density at radius 2 is 1.71 bits per heavy atom. The van der Waals surface area contributed by atoms with Crippen molar-refractivity contribution in [1.82, 2.24) is 0 Å². The Labute approximate surface area is 106 Å². The molecule has 0 fully saturated rings. The lowest BCUT2D eigenvalue weighted by Crippen LogP contribution is -2.52. The van der Waals surface area contributed by atoms with E-state index in [9.17, 15) is 0 Å². The molecule has 0 bridgehead atoms. The van der Waals surface area contributed by atoms with Crippen LogP contribution in [0.15, 0.2) is 30.8 Å². The third-order valence-corrected chi connectivity index (χ3v) is 5.81. The molecule has 0 N–H and O–H groups in total. The fourth-order valence-corrected chi connectivity index (χ4v) is 4.68. The van der Waals surface area contributed by atoms with Crippen molar-refractivity contribution in [2.45, 2.75) is 27.3 Å². The first-order valence-corrected chi connectivity index (χ1v) is 8.40. The molecule has 0 heterocycles. The maximum atomic E-state index is 5.92. The molecule has 0 saturated carbocycles. The molecular formula is C14H22O2Si. The molecule has 0 unspecified atom stereocenters. The van der Waals surface area contributed by atoms with Gasteiger partial charge in [-0.15, -0.1) is 0 Å². The summed E-state index contributed by atoms with van der Waals surface area (Å²) in [6, 6.07) is 8.24. The molecule has 0 atom stereocenters. The van der Waals surface area contributed by atoms with E-state index in [2.05, 4.69) is 25.3 Å². The second kappa shape index (κ2) is 6.14. The largest absolute Gasteiger partial charge is 0.391 e. The molecule has 0 aliphatic heterocycles. The second-order valence-corrected chi connectivity index (χ2v) is 7.15. The minimum absolute atomic E-state index is 0.674. The highest BCUT2D eigenvalue weighted by Gasteiger charge is 2.35. The first kappa shape index (κ1) is 14.2. The second-order valence-electron chi connectivity index (χ2n) is 4.14. The smallest absolute Gasteiger partial charge is 0.369 e. The molecule has 0 aliphatic carbocycles. The lowest BCUT2D eigenvalue weighted by atomic mass is 10.1. The SMILES string of the molecule is C=C(C)c1ccccc1[Si](C)(OCC)OCC. The van der Waals surface area contributed by atoms with Gasteiger partial charge in [-0.1, -0.05) is 36.4 Å². The predicted molar refractivity (Wildman–Crippen MR) is 75.7 cm³/mol.